The minimum atomic E-state index is -4.51. The molecule has 1 aromatic carbocycles. The predicted octanol–water partition coefficient (Wildman–Crippen LogP) is 5.97. The van der Waals surface area contributed by atoms with Crippen molar-refractivity contribution in [1.82, 2.24) is 14.9 Å². The average molecular weight is 701 g/mol. The summed E-state index contributed by atoms with van der Waals surface area (Å²) in [7, 11) is -0.668. The van der Waals surface area contributed by atoms with Crippen LogP contribution in [0.15, 0.2) is 35.3 Å². The summed E-state index contributed by atoms with van der Waals surface area (Å²) in [4.78, 5) is 46.0. The van der Waals surface area contributed by atoms with E-state index in [1.165, 1.54) is 22.9 Å². The first kappa shape index (κ1) is 36.4. The number of nitrogens with one attached hydrogen (secondary N) is 2. The van der Waals surface area contributed by atoms with E-state index in [0.29, 0.717) is 23.8 Å². The Morgan fingerprint density at radius 2 is 1.88 bits per heavy atom. The van der Waals surface area contributed by atoms with E-state index in [-0.39, 0.29) is 42.4 Å². The highest BCUT2D eigenvalue weighted by Crippen LogP contribution is 2.65. The normalized spacial score (nSPS) is 30.2. The van der Waals surface area contributed by atoms with Gasteiger partial charge in [0, 0.05) is 12.0 Å². The minimum absolute atomic E-state index is 0.0126. The zero-order valence-electron chi connectivity index (χ0n) is 30.1. The molecule has 0 radical (unpaired) electrons. The number of rotatable bonds is 9. The highest BCUT2D eigenvalue weighted by atomic mass is 19.4. The van der Waals surface area contributed by atoms with Crippen LogP contribution in [0.4, 0.5) is 18.9 Å². The Balaban J connectivity index is 1.26. The standard InChI is InChI=1S/C36H48BF3N4O6/c1-9-27(37-49-26-15-22-14-25(33(22,5)6)35(26,8)50-37)43-29(46)24-16-34(7,17-28(45)48-32(2,3)4)31-42-19-23(30(47)44(24)31)41-18-20-11-10-12-21(13-20)36(38,39)40/h10-13,19,22,24-27,41H,9,14-18H2,1-8H3,(H,43,46)/t22-,24-,25-,26+,27-,34+,35-/m0/s1. The van der Waals surface area contributed by atoms with Gasteiger partial charge in [0.15, 0.2) is 0 Å². The van der Waals surface area contributed by atoms with Crippen LogP contribution < -0.4 is 16.2 Å². The lowest BCUT2D eigenvalue weighted by atomic mass is 9.43. The fourth-order valence-electron chi connectivity index (χ4n) is 8.76. The van der Waals surface area contributed by atoms with Crippen molar-refractivity contribution in [3.8, 4) is 0 Å². The van der Waals surface area contributed by atoms with Crippen molar-refractivity contribution in [2.75, 3.05) is 5.32 Å². The van der Waals surface area contributed by atoms with Gasteiger partial charge < -0.3 is 24.7 Å². The number of anilines is 1. The second-order valence-corrected chi connectivity index (χ2v) is 16.6. The molecule has 3 heterocycles. The Kier molecular flexibility index (Phi) is 9.02. The van der Waals surface area contributed by atoms with Crippen molar-refractivity contribution in [3.05, 3.63) is 57.8 Å². The molecule has 7 atom stereocenters. The van der Waals surface area contributed by atoms with Crippen LogP contribution in [-0.4, -0.2) is 51.8 Å². The number of carbonyl (C=O) groups excluding carboxylic acids is 2. The van der Waals surface area contributed by atoms with Gasteiger partial charge in [0.1, 0.15) is 23.2 Å². The van der Waals surface area contributed by atoms with Crippen molar-refractivity contribution in [3.63, 3.8) is 0 Å². The molecule has 1 saturated heterocycles. The number of alkyl halides is 3. The molecule has 4 fully saturated rings. The Hall–Kier alpha value is -3.39. The van der Waals surface area contributed by atoms with E-state index in [0.717, 1.165) is 25.0 Å². The van der Waals surface area contributed by atoms with Crippen molar-refractivity contribution in [2.45, 2.75) is 135 Å². The monoisotopic (exact) mass is 700 g/mol. The number of ether oxygens (including phenoxy) is 1. The third-order valence-electron chi connectivity index (χ3n) is 11.5. The molecule has 272 valence electrons. The number of benzene rings is 1. The number of esters is 1. The molecule has 2 N–H and O–H groups in total. The Morgan fingerprint density at radius 3 is 2.52 bits per heavy atom. The molecule has 1 amide bonds. The van der Waals surface area contributed by atoms with Crippen LogP contribution >= 0.6 is 0 Å². The van der Waals surface area contributed by atoms with Gasteiger partial charge in [0.25, 0.3) is 5.56 Å². The maximum Gasteiger partial charge on any atom is 0.481 e. The number of carbonyl (C=O) groups is 2. The Labute approximate surface area is 291 Å². The molecule has 2 aliphatic heterocycles. The number of fused-ring (bicyclic) bond motifs is 1. The van der Waals surface area contributed by atoms with E-state index in [1.807, 2.05) is 6.92 Å². The summed E-state index contributed by atoms with van der Waals surface area (Å²) < 4.78 is 60.0. The van der Waals surface area contributed by atoms with Crippen LogP contribution in [-0.2, 0) is 41.8 Å². The van der Waals surface area contributed by atoms with Crippen LogP contribution in [0.5, 0.6) is 0 Å². The molecule has 2 aromatic rings. The van der Waals surface area contributed by atoms with Crippen LogP contribution in [0.3, 0.4) is 0 Å². The van der Waals surface area contributed by atoms with Gasteiger partial charge in [-0.05, 0) is 88.3 Å². The lowest BCUT2D eigenvalue weighted by molar-refractivity contribution is -0.199. The second-order valence-electron chi connectivity index (χ2n) is 16.6. The molecule has 2 bridgehead atoms. The molecule has 50 heavy (non-hydrogen) atoms. The largest absolute Gasteiger partial charge is 0.481 e. The fraction of sp³-hybridized carbons (Fsp3) is 0.667. The molecule has 14 heteroatoms. The zero-order valence-corrected chi connectivity index (χ0v) is 30.1. The van der Waals surface area contributed by atoms with Crippen molar-refractivity contribution >= 4 is 24.7 Å². The summed E-state index contributed by atoms with van der Waals surface area (Å²) in [5.41, 5.74) is -3.13. The molecule has 7 rings (SSSR count). The number of amides is 1. The molecule has 0 unspecified atom stereocenters. The van der Waals surface area contributed by atoms with E-state index in [9.17, 15) is 27.6 Å². The number of hydrogen-bond acceptors (Lipinski definition) is 8. The third-order valence-corrected chi connectivity index (χ3v) is 11.5. The average Bonchev–Trinajstić information content (AvgIpc) is 3.52. The predicted molar refractivity (Wildman–Crippen MR) is 181 cm³/mol. The van der Waals surface area contributed by atoms with Gasteiger partial charge in [-0.25, -0.2) is 4.98 Å². The van der Waals surface area contributed by atoms with Gasteiger partial charge >= 0.3 is 19.3 Å². The summed E-state index contributed by atoms with van der Waals surface area (Å²) in [5.74, 6) is -0.279. The van der Waals surface area contributed by atoms with E-state index in [2.05, 4.69) is 36.4 Å². The fourth-order valence-corrected chi connectivity index (χ4v) is 8.76. The molecular weight excluding hydrogens is 652 g/mol. The van der Waals surface area contributed by atoms with E-state index >= 15 is 0 Å². The first-order chi connectivity index (χ1) is 23.2. The Bertz CT molecular complexity index is 1730. The smallest absolute Gasteiger partial charge is 0.460 e. The Morgan fingerprint density at radius 1 is 1.16 bits per heavy atom. The highest BCUT2D eigenvalue weighted by molar-refractivity contribution is 6.47. The summed E-state index contributed by atoms with van der Waals surface area (Å²) >= 11 is 0. The van der Waals surface area contributed by atoms with Gasteiger partial charge in [-0.1, -0.05) is 39.8 Å². The van der Waals surface area contributed by atoms with Crippen molar-refractivity contribution in [2.24, 2.45) is 17.3 Å². The van der Waals surface area contributed by atoms with E-state index in [1.54, 1.807) is 27.7 Å². The molecular formula is C36H48BF3N4O6. The van der Waals surface area contributed by atoms with E-state index < -0.39 is 64.9 Å². The molecule has 5 aliphatic rings. The van der Waals surface area contributed by atoms with Crippen LogP contribution in [0.2, 0.25) is 0 Å². The molecule has 3 aliphatic carbocycles. The molecule has 10 nitrogen and oxygen atoms in total. The lowest BCUT2D eigenvalue weighted by Crippen LogP contribution is -2.65. The molecule has 0 spiro atoms. The molecule has 3 saturated carbocycles. The summed E-state index contributed by atoms with van der Waals surface area (Å²) in [5, 5.41) is 6.02. The summed E-state index contributed by atoms with van der Waals surface area (Å²) in [6.07, 6.45) is -0.804. The number of aromatic nitrogens is 2. The van der Waals surface area contributed by atoms with Gasteiger partial charge in [0.05, 0.1) is 35.8 Å². The van der Waals surface area contributed by atoms with Crippen LogP contribution in [0.25, 0.3) is 0 Å². The van der Waals surface area contributed by atoms with Gasteiger partial charge in [-0.2, -0.15) is 13.2 Å². The second kappa shape index (κ2) is 12.4. The van der Waals surface area contributed by atoms with Gasteiger partial charge in [-0.15, -0.1) is 0 Å². The maximum atomic E-state index is 14.2. The number of hydrogen-bond donors (Lipinski definition) is 2. The summed E-state index contributed by atoms with van der Waals surface area (Å²) in [6.45, 7) is 15.6. The zero-order chi connectivity index (χ0) is 36.6. The van der Waals surface area contributed by atoms with Crippen molar-refractivity contribution in [1.29, 1.82) is 0 Å². The number of halogens is 3. The topological polar surface area (TPSA) is 121 Å². The summed E-state index contributed by atoms with van der Waals surface area (Å²) in [6, 6.07) is 3.78. The first-order valence-electron chi connectivity index (χ1n) is 17.5. The lowest BCUT2D eigenvalue weighted by Gasteiger charge is -2.64. The SMILES string of the molecule is CC[C@H](NC(=O)[C@@H]1C[C@](C)(CC(=O)OC(C)(C)C)c2ncc(NCc3cccc(C(F)(F)F)c3)c(=O)n21)B1O[C@@H]2C[C@@H]3C[C@@H](C3(C)C)[C@]2(C)O1. The third kappa shape index (κ3) is 6.46. The van der Waals surface area contributed by atoms with Gasteiger partial charge in [0.2, 0.25) is 5.91 Å². The van der Waals surface area contributed by atoms with E-state index in [4.69, 9.17) is 14.0 Å². The van der Waals surface area contributed by atoms with Crippen LogP contribution in [0.1, 0.15) is 110 Å². The van der Waals surface area contributed by atoms with Gasteiger partial charge in [-0.3, -0.25) is 19.0 Å². The van der Waals surface area contributed by atoms with Crippen molar-refractivity contribution < 1.29 is 36.8 Å². The molecule has 1 aromatic heterocycles. The highest BCUT2D eigenvalue weighted by Gasteiger charge is 2.68. The number of nitrogens with zero attached hydrogens (tertiary/aromatic N) is 2. The van der Waals surface area contributed by atoms with Crippen LogP contribution in [0, 0.1) is 17.3 Å². The first-order valence-corrected chi connectivity index (χ1v) is 17.5. The maximum absolute atomic E-state index is 14.2. The quantitative estimate of drug-likeness (QED) is 0.243. The minimum Gasteiger partial charge on any atom is -0.460 e.